The van der Waals surface area contributed by atoms with Crippen LogP contribution in [-0.2, 0) is 9.53 Å². The summed E-state index contributed by atoms with van der Waals surface area (Å²) in [6.07, 6.45) is 3.65. The van der Waals surface area contributed by atoms with Crippen molar-refractivity contribution in [3.05, 3.63) is 0 Å². The second kappa shape index (κ2) is 5.80. The Hall–Kier alpha value is -1.26. The second-order valence-electron chi connectivity index (χ2n) is 5.94. The van der Waals surface area contributed by atoms with E-state index in [0.717, 1.165) is 32.2 Å². The predicted octanol–water partition coefficient (Wildman–Crippen LogP) is 1.77. The van der Waals surface area contributed by atoms with Crippen molar-refractivity contribution < 1.29 is 14.3 Å². The van der Waals surface area contributed by atoms with E-state index >= 15 is 0 Å². The summed E-state index contributed by atoms with van der Waals surface area (Å²) in [4.78, 5) is 26.0. The fourth-order valence-corrected chi connectivity index (χ4v) is 2.93. The molecule has 0 aromatic heterocycles. The molecule has 1 saturated carbocycles. The molecule has 2 aliphatic rings. The molecule has 0 aromatic carbocycles. The minimum absolute atomic E-state index is 0.0732. The molecular formula is C14H24N2O3. The summed E-state index contributed by atoms with van der Waals surface area (Å²) in [5.41, 5.74) is 0. The number of nitrogens with zero attached hydrogens (tertiary/aromatic N) is 1. The molecule has 0 aromatic rings. The zero-order valence-corrected chi connectivity index (χ0v) is 12.0. The van der Waals surface area contributed by atoms with Gasteiger partial charge in [0.25, 0.3) is 0 Å². The van der Waals surface area contributed by atoms with Crippen molar-refractivity contribution in [2.45, 2.75) is 51.6 Å². The van der Waals surface area contributed by atoms with Gasteiger partial charge in [-0.15, -0.1) is 0 Å². The Bertz CT molecular complexity index is 353. The van der Waals surface area contributed by atoms with Crippen LogP contribution >= 0.6 is 0 Å². The van der Waals surface area contributed by atoms with Gasteiger partial charge in [-0.3, -0.25) is 4.79 Å². The van der Waals surface area contributed by atoms with Crippen molar-refractivity contribution in [2.75, 3.05) is 13.7 Å². The van der Waals surface area contributed by atoms with Crippen molar-refractivity contribution in [1.29, 1.82) is 0 Å². The van der Waals surface area contributed by atoms with Crippen molar-refractivity contribution in [3.8, 4) is 0 Å². The highest BCUT2D eigenvalue weighted by atomic mass is 16.5. The van der Waals surface area contributed by atoms with E-state index in [4.69, 9.17) is 0 Å². The highest BCUT2D eigenvalue weighted by Gasteiger charge is 2.42. The van der Waals surface area contributed by atoms with Gasteiger partial charge in [0.1, 0.15) is 6.04 Å². The van der Waals surface area contributed by atoms with Crippen LogP contribution in [0.1, 0.15) is 39.5 Å². The molecule has 0 spiro atoms. The fraction of sp³-hybridized carbons (Fsp3) is 0.857. The van der Waals surface area contributed by atoms with Crippen molar-refractivity contribution in [1.82, 2.24) is 10.2 Å². The Morgan fingerprint density at radius 2 is 1.95 bits per heavy atom. The molecule has 2 atom stereocenters. The number of hydrogen-bond donors (Lipinski definition) is 1. The molecule has 2 amide bonds. The maximum atomic E-state index is 12.6. The first kappa shape index (κ1) is 14.2. The lowest BCUT2D eigenvalue weighted by Gasteiger charge is -2.31. The maximum absolute atomic E-state index is 12.6. The van der Waals surface area contributed by atoms with Gasteiger partial charge >= 0.3 is 6.09 Å². The number of methoxy groups -OCH3 is 1. The van der Waals surface area contributed by atoms with Crippen LogP contribution in [0.15, 0.2) is 0 Å². The quantitative estimate of drug-likeness (QED) is 0.845. The Balaban J connectivity index is 2.04. The highest BCUT2D eigenvalue weighted by Crippen LogP contribution is 2.35. The number of carbonyl (C=O) groups excluding carboxylic acids is 2. The number of carbonyl (C=O) groups is 2. The summed E-state index contributed by atoms with van der Waals surface area (Å²) >= 11 is 0. The summed E-state index contributed by atoms with van der Waals surface area (Å²) in [7, 11) is 1.33. The number of ether oxygens (including phenoxy) is 1. The molecule has 1 N–H and O–H groups in total. The Morgan fingerprint density at radius 3 is 2.47 bits per heavy atom. The zero-order chi connectivity index (χ0) is 14.0. The molecule has 2 fully saturated rings. The number of amides is 2. The molecule has 1 aliphatic carbocycles. The number of likely N-dealkylation sites (tertiary alicyclic amines) is 1. The fourth-order valence-electron chi connectivity index (χ4n) is 2.93. The largest absolute Gasteiger partial charge is 0.453 e. The standard InChI is InChI=1S/C14H24N2O3/c1-9(2)11-5-4-8-16(11)13(17)12(10-6-7-10)15-14(18)19-3/h9-12H,4-8H2,1-3H3,(H,15,18)/t11-,12?/m0/s1. The van der Waals surface area contributed by atoms with E-state index in [2.05, 4.69) is 23.9 Å². The number of rotatable bonds is 4. The summed E-state index contributed by atoms with van der Waals surface area (Å²) < 4.78 is 4.62. The van der Waals surface area contributed by atoms with E-state index in [1.54, 1.807) is 0 Å². The van der Waals surface area contributed by atoms with Crippen LogP contribution in [0.5, 0.6) is 0 Å². The van der Waals surface area contributed by atoms with Gasteiger partial charge in [-0.1, -0.05) is 13.8 Å². The molecule has 1 aliphatic heterocycles. The molecule has 108 valence electrons. The third kappa shape index (κ3) is 3.19. The van der Waals surface area contributed by atoms with Gasteiger partial charge in [-0.05, 0) is 37.5 Å². The minimum Gasteiger partial charge on any atom is -0.453 e. The monoisotopic (exact) mass is 268 g/mol. The second-order valence-corrected chi connectivity index (χ2v) is 5.94. The third-order valence-electron chi connectivity index (χ3n) is 4.17. The normalized spacial score (nSPS) is 24.4. The first-order chi connectivity index (χ1) is 9.04. The van der Waals surface area contributed by atoms with Crippen LogP contribution in [0.4, 0.5) is 4.79 Å². The maximum Gasteiger partial charge on any atom is 0.407 e. The van der Waals surface area contributed by atoms with Crippen LogP contribution in [-0.4, -0.2) is 42.6 Å². The smallest absolute Gasteiger partial charge is 0.407 e. The summed E-state index contributed by atoms with van der Waals surface area (Å²) in [5, 5.41) is 2.71. The molecule has 1 saturated heterocycles. The summed E-state index contributed by atoms with van der Waals surface area (Å²) in [5.74, 6) is 0.827. The summed E-state index contributed by atoms with van der Waals surface area (Å²) in [6.45, 7) is 5.11. The molecule has 0 radical (unpaired) electrons. The van der Waals surface area contributed by atoms with E-state index < -0.39 is 12.1 Å². The molecular weight excluding hydrogens is 244 g/mol. The van der Waals surface area contributed by atoms with Gasteiger partial charge in [0, 0.05) is 12.6 Å². The molecule has 1 unspecified atom stereocenters. The van der Waals surface area contributed by atoms with Crippen LogP contribution in [0.25, 0.3) is 0 Å². The Kier molecular flexibility index (Phi) is 4.32. The molecule has 1 heterocycles. The van der Waals surface area contributed by atoms with E-state index in [-0.39, 0.29) is 5.91 Å². The van der Waals surface area contributed by atoms with Gasteiger partial charge in [0.2, 0.25) is 5.91 Å². The van der Waals surface area contributed by atoms with E-state index in [1.807, 2.05) is 4.90 Å². The Labute approximate surface area is 114 Å². The van der Waals surface area contributed by atoms with Crippen LogP contribution < -0.4 is 5.32 Å². The topological polar surface area (TPSA) is 58.6 Å². The van der Waals surface area contributed by atoms with E-state index in [9.17, 15) is 9.59 Å². The molecule has 5 heteroatoms. The first-order valence-corrected chi connectivity index (χ1v) is 7.19. The SMILES string of the molecule is COC(=O)NC(C(=O)N1CCC[C@H]1C(C)C)C1CC1. The van der Waals surface area contributed by atoms with Crippen molar-refractivity contribution in [3.63, 3.8) is 0 Å². The van der Waals surface area contributed by atoms with Gasteiger partial charge in [0.15, 0.2) is 0 Å². The Morgan fingerprint density at radius 1 is 1.26 bits per heavy atom. The number of hydrogen-bond acceptors (Lipinski definition) is 3. The van der Waals surface area contributed by atoms with E-state index in [1.165, 1.54) is 7.11 Å². The van der Waals surface area contributed by atoms with Crippen molar-refractivity contribution >= 4 is 12.0 Å². The predicted molar refractivity (Wildman–Crippen MR) is 71.6 cm³/mol. The average Bonchev–Trinajstić information content (AvgIpc) is 3.10. The van der Waals surface area contributed by atoms with Crippen LogP contribution in [0, 0.1) is 11.8 Å². The molecule has 0 bridgehead atoms. The lowest BCUT2D eigenvalue weighted by atomic mass is 10.0. The molecule has 19 heavy (non-hydrogen) atoms. The summed E-state index contributed by atoms with van der Waals surface area (Å²) in [6, 6.07) is -0.0833. The molecule has 2 rings (SSSR count). The van der Waals surface area contributed by atoms with Crippen molar-refractivity contribution in [2.24, 2.45) is 11.8 Å². The van der Waals surface area contributed by atoms with Crippen LogP contribution in [0.2, 0.25) is 0 Å². The first-order valence-electron chi connectivity index (χ1n) is 7.19. The van der Waals surface area contributed by atoms with Gasteiger partial charge in [0.05, 0.1) is 7.11 Å². The third-order valence-corrected chi connectivity index (χ3v) is 4.17. The van der Waals surface area contributed by atoms with Crippen LogP contribution in [0.3, 0.4) is 0 Å². The van der Waals surface area contributed by atoms with Gasteiger partial charge < -0.3 is 15.0 Å². The lowest BCUT2D eigenvalue weighted by Crippen LogP contribution is -2.52. The average molecular weight is 268 g/mol. The lowest BCUT2D eigenvalue weighted by molar-refractivity contribution is -0.135. The molecule has 5 nitrogen and oxygen atoms in total. The highest BCUT2D eigenvalue weighted by molar-refractivity contribution is 5.86. The number of nitrogens with one attached hydrogen (secondary N) is 1. The number of alkyl carbamates (subject to hydrolysis) is 1. The minimum atomic E-state index is -0.509. The van der Waals surface area contributed by atoms with E-state index in [0.29, 0.717) is 17.9 Å². The zero-order valence-electron chi connectivity index (χ0n) is 12.0. The van der Waals surface area contributed by atoms with Gasteiger partial charge in [-0.25, -0.2) is 4.79 Å². The van der Waals surface area contributed by atoms with Gasteiger partial charge in [-0.2, -0.15) is 0 Å².